The number of hydrogen-bond donors (Lipinski definition) is 0. The zero-order valence-electron chi connectivity index (χ0n) is 6.53. The van der Waals surface area contributed by atoms with Gasteiger partial charge in [0.2, 0.25) is 0 Å². The Balaban J connectivity index is 2.34. The highest BCUT2D eigenvalue weighted by Gasteiger charge is 2.38. The first-order valence-corrected chi connectivity index (χ1v) is 4.96. The maximum Gasteiger partial charge on any atom is 0.177 e. The van der Waals surface area contributed by atoms with Gasteiger partial charge in [-0.05, 0) is 13.1 Å². The second-order valence-corrected chi connectivity index (χ2v) is 4.63. The number of carbonyl (C=O) groups excluding carboxylic acids is 1. The summed E-state index contributed by atoms with van der Waals surface area (Å²) in [5.74, 6) is 0.130. The molecule has 2 nitrogen and oxygen atoms in total. The van der Waals surface area contributed by atoms with Crippen LogP contribution in [0.1, 0.15) is 0 Å². The van der Waals surface area contributed by atoms with E-state index >= 15 is 0 Å². The van der Waals surface area contributed by atoms with Crippen LogP contribution in [-0.2, 0) is 4.79 Å². The SMILES string of the molecule is CN1C(Cl)SC2=CC=CC(=O)C21. The number of halogens is 1. The summed E-state index contributed by atoms with van der Waals surface area (Å²) in [7, 11) is 1.87. The van der Waals surface area contributed by atoms with Crippen LogP contribution in [0.4, 0.5) is 0 Å². The van der Waals surface area contributed by atoms with E-state index in [0.29, 0.717) is 0 Å². The fourth-order valence-electron chi connectivity index (χ4n) is 1.38. The Morgan fingerprint density at radius 3 is 3.08 bits per heavy atom. The Labute approximate surface area is 80.3 Å². The van der Waals surface area contributed by atoms with E-state index in [4.69, 9.17) is 11.6 Å². The van der Waals surface area contributed by atoms with E-state index in [2.05, 4.69) is 0 Å². The second kappa shape index (κ2) is 2.91. The Morgan fingerprint density at radius 2 is 2.42 bits per heavy atom. The summed E-state index contributed by atoms with van der Waals surface area (Å²) in [4.78, 5) is 14.2. The zero-order chi connectivity index (χ0) is 8.72. The number of allylic oxidation sites excluding steroid dienone is 2. The van der Waals surface area contributed by atoms with Crippen molar-refractivity contribution in [2.75, 3.05) is 7.05 Å². The van der Waals surface area contributed by atoms with E-state index < -0.39 is 0 Å². The molecule has 2 rings (SSSR count). The topological polar surface area (TPSA) is 20.3 Å². The largest absolute Gasteiger partial charge is 0.293 e. The van der Waals surface area contributed by atoms with Gasteiger partial charge < -0.3 is 0 Å². The summed E-state index contributed by atoms with van der Waals surface area (Å²) in [6, 6.07) is -0.123. The van der Waals surface area contributed by atoms with E-state index in [1.54, 1.807) is 23.9 Å². The van der Waals surface area contributed by atoms with E-state index in [1.807, 2.05) is 18.0 Å². The standard InChI is InChI=1S/C8H8ClNOS/c1-10-7-5(11)3-2-4-6(7)12-8(10)9/h2-4,7-8H,1H3. The number of likely N-dealkylation sites (N-methyl/N-ethyl adjacent to an activating group) is 1. The molecule has 2 aliphatic rings. The predicted molar refractivity (Wildman–Crippen MR) is 51.0 cm³/mol. The molecule has 2 atom stereocenters. The third-order valence-corrected chi connectivity index (χ3v) is 3.75. The third-order valence-electron chi connectivity index (χ3n) is 2.02. The molecular weight excluding hydrogens is 194 g/mol. The van der Waals surface area contributed by atoms with E-state index in [0.717, 1.165) is 4.91 Å². The molecule has 1 aliphatic carbocycles. The van der Waals surface area contributed by atoms with Crippen molar-refractivity contribution >= 4 is 29.1 Å². The lowest BCUT2D eigenvalue weighted by Crippen LogP contribution is -2.36. The minimum atomic E-state index is -0.123. The van der Waals surface area contributed by atoms with Crippen molar-refractivity contribution in [1.82, 2.24) is 4.90 Å². The lowest BCUT2D eigenvalue weighted by molar-refractivity contribution is -0.117. The Hall–Kier alpha value is -0.250. The second-order valence-electron chi connectivity index (χ2n) is 2.81. The first-order valence-electron chi connectivity index (χ1n) is 3.65. The molecule has 0 spiro atoms. The highest BCUT2D eigenvalue weighted by atomic mass is 35.5. The van der Waals surface area contributed by atoms with E-state index in [9.17, 15) is 4.79 Å². The van der Waals surface area contributed by atoms with Gasteiger partial charge in [-0.3, -0.25) is 9.69 Å². The van der Waals surface area contributed by atoms with Crippen molar-refractivity contribution in [3.8, 4) is 0 Å². The van der Waals surface area contributed by atoms with Gasteiger partial charge in [-0.25, -0.2) is 0 Å². The molecule has 0 aromatic rings. The van der Waals surface area contributed by atoms with Crippen molar-refractivity contribution in [1.29, 1.82) is 0 Å². The highest BCUT2D eigenvalue weighted by molar-refractivity contribution is 8.05. The third kappa shape index (κ3) is 1.13. The quantitative estimate of drug-likeness (QED) is 0.439. The predicted octanol–water partition coefficient (Wildman–Crippen LogP) is 1.58. The molecular formula is C8H8ClNOS. The molecule has 0 bridgehead atoms. The number of carbonyl (C=O) groups is 1. The Bertz CT molecular complexity index is 287. The maximum absolute atomic E-state index is 11.4. The van der Waals surface area contributed by atoms with Crippen LogP contribution in [0.2, 0.25) is 0 Å². The molecule has 64 valence electrons. The lowest BCUT2D eigenvalue weighted by Gasteiger charge is -2.19. The van der Waals surface area contributed by atoms with Crippen molar-refractivity contribution in [2.24, 2.45) is 0 Å². The number of rotatable bonds is 0. The van der Waals surface area contributed by atoms with Gasteiger partial charge >= 0.3 is 0 Å². The summed E-state index contributed by atoms with van der Waals surface area (Å²) in [5, 5.41) is 0. The van der Waals surface area contributed by atoms with Gasteiger partial charge in [-0.15, -0.1) is 0 Å². The zero-order valence-corrected chi connectivity index (χ0v) is 8.10. The van der Waals surface area contributed by atoms with Crippen LogP contribution in [0.25, 0.3) is 0 Å². The van der Waals surface area contributed by atoms with Gasteiger partial charge in [-0.1, -0.05) is 35.5 Å². The number of fused-ring (bicyclic) bond motifs is 1. The Kier molecular flexibility index (Phi) is 2.02. The molecule has 12 heavy (non-hydrogen) atoms. The lowest BCUT2D eigenvalue weighted by atomic mass is 10.1. The molecule has 0 aromatic heterocycles. The highest BCUT2D eigenvalue weighted by Crippen LogP contribution is 2.41. The minimum absolute atomic E-state index is 0.106. The van der Waals surface area contributed by atoms with Crippen molar-refractivity contribution in [2.45, 2.75) is 10.9 Å². The van der Waals surface area contributed by atoms with Gasteiger partial charge in [0.25, 0.3) is 0 Å². The summed E-state index contributed by atoms with van der Waals surface area (Å²) < 4.78 is 0. The van der Waals surface area contributed by atoms with Crippen molar-refractivity contribution in [3.63, 3.8) is 0 Å². The van der Waals surface area contributed by atoms with Crippen molar-refractivity contribution in [3.05, 3.63) is 23.1 Å². The van der Waals surface area contributed by atoms with Gasteiger partial charge in [0.05, 0.1) is 0 Å². The summed E-state index contributed by atoms with van der Waals surface area (Å²) in [6.45, 7) is 0. The molecule has 4 heteroatoms. The average Bonchev–Trinajstić information content (AvgIpc) is 2.29. The molecule has 0 aromatic carbocycles. The molecule has 1 saturated heterocycles. The molecule has 1 fully saturated rings. The van der Waals surface area contributed by atoms with Crippen LogP contribution in [0, 0.1) is 0 Å². The molecule has 0 saturated carbocycles. The normalized spacial score (nSPS) is 35.2. The van der Waals surface area contributed by atoms with Crippen molar-refractivity contribution < 1.29 is 4.79 Å². The van der Waals surface area contributed by atoms with Crippen LogP contribution in [0.3, 0.4) is 0 Å². The number of nitrogens with zero attached hydrogens (tertiary/aromatic N) is 1. The maximum atomic E-state index is 11.4. The first kappa shape index (κ1) is 8.35. The van der Waals surface area contributed by atoms with Crippen LogP contribution < -0.4 is 0 Å². The molecule has 0 amide bonds. The van der Waals surface area contributed by atoms with Crippen LogP contribution in [0.5, 0.6) is 0 Å². The van der Waals surface area contributed by atoms with Gasteiger partial charge in [0.1, 0.15) is 10.9 Å². The fraction of sp³-hybridized carbons (Fsp3) is 0.375. The Morgan fingerprint density at radius 1 is 1.67 bits per heavy atom. The molecule has 2 unspecified atom stereocenters. The summed E-state index contributed by atoms with van der Waals surface area (Å²) in [5.41, 5.74) is 0. The van der Waals surface area contributed by atoms with Crippen LogP contribution >= 0.6 is 23.4 Å². The van der Waals surface area contributed by atoms with Gasteiger partial charge in [-0.2, -0.15) is 0 Å². The average molecular weight is 202 g/mol. The summed E-state index contributed by atoms with van der Waals surface area (Å²) in [6.07, 6.45) is 5.33. The van der Waals surface area contributed by atoms with Crippen LogP contribution in [0.15, 0.2) is 23.1 Å². The van der Waals surface area contributed by atoms with E-state index in [-0.39, 0.29) is 16.7 Å². The van der Waals surface area contributed by atoms with Gasteiger partial charge in [0.15, 0.2) is 5.78 Å². The molecule has 1 heterocycles. The fourth-order valence-corrected chi connectivity index (χ4v) is 2.88. The van der Waals surface area contributed by atoms with Gasteiger partial charge in [0, 0.05) is 4.91 Å². The number of alkyl halides is 1. The van der Waals surface area contributed by atoms with Crippen LogP contribution in [-0.4, -0.2) is 28.6 Å². The monoisotopic (exact) mass is 201 g/mol. The smallest absolute Gasteiger partial charge is 0.177 e. The number of ketones is 1. The number of thioether (sulfide) groups is 1. The summed E-state index contributed by atoms with van der Waals surface area (Å²) >= 11 is 7.51. The molecule has 1 aliphatic heterocycles. The van der Waals surface area contributed by atoms with E-state index in [1.165, 1.54) is 0 Å². The molecule has 0 radical (unpaired) electrons. The molecule has 0 N–H and O–H groups in total. The minimum Gasteiger partial charge on any atom is -0.293 e. The number of hydrogen-bond acceptors (Lipinski definition) is 3. The first-order chi connectivity index (χ1) is 5.70.